The van der Waals surface area contributed by atoms with E-state index in [2.05, 4.69) is 10.3 Å². The van der Waals surface area contributed by atoms with Gasteiger partial charge in [-0.3, -0.25) is 14.6 Å². The van der Waals surface area contributed by atoms with Crippen LogP contribution in [-0.4, -0.2) is 65.0 Å². The molecule has 0 aromatic carbocycles. The third kappa shape index (κ3) is 6.02. The van der Waals surface area contributed by atoms with Crippen LogP contribution in [0.4, 0.5) is 4.79 Å². The third-order valence-electron chi connectivity index (χ3n) is 4.24. The second-order valence-electron chi connectivity index (χ2n) is 6.22. The molecule has 0 aliphatic carbocycles. The van der Waals surface area contributed by atoms with Gasteiger partial charge in [-0.25, -0.2) is 4.79 Å². The van der Waals surface area contributed by atoms with Gasteiger partial charge in [0.1, 0.15) is 0 Å². The SMILES string of the molecule is CCOC(=O)N1CCC(NC(=O)CN(Cc2ccccn2)C(C)=O)CC1. The van der Waals surface area contributed by atoms with Gasteiger partial charge in [-0.05, 0) is 31.9 Å². The normalized spacial score (nSPS) is 14.6. The van der Waals surface area contributed by atoms with Gasteiger partial charge in [-0.1, -0.05) is 6.07 Å². The summed E-state index contributed by atoms with van der Waals surface area (Å²) in [6, 6.07) is 5.46. The molecule has 2 heterocycles. The molecule has 0 spiro atoms. The molecular formula is C18H26N4O4. The van der Waals surface area contributed by atoms with E-state index in [1.807, 2.05) is 12.1 Å². The fraction of sp³-hybridized carbons (Fsp3) is 0.556. The number of hydrogen-bond donors (Lipinski definition) is 1. The number of likely N-dealkylation sites (tertiary alicyclic amines) is 1. The molecule has 142 valence electrons. The zero-order valence-corrected chi connectivity index (χ0v) is 15.3. The van der Waals surface area contributed by atoms with Gasteiger partial charge in [0, 0.05) is 32.3 Å². The van der Waals surface area contributed by atoms with E-state index in [-0.39, 0.29) is 30.5 Å². The van der Waals surface area contributed by atoms with Crippen LogP contribution in [0.15, 0.2) is 24.4 Å². The number of ether oxygens (including phenoxy) is 1. The minimum Gasteiger partial charge on any atom is -0.450 e. The second-order valence-corrected chi connectivity index (χ2v) is 6.22. The minimum atomic E-state index is -0.310. The number of pyridine rings is 1. The van der Waals surface area contributed by atoms with Crippen LogP contribution in [-0.2, 0) is 20.9 Å². The summed E-state index contributed by atoms with van der Waals surface area (Å²) in [5, 5.41) is 2.95. The lowest BCUT2D eigenvalue weighted by Gasteiger charge is -2.32. The maximum atomic E-state index is 12.3. The van der Waals surface area contributed by atoms with Crippen LogP contribution in [0, 0.1) is 0 Å². The largest absolute Gasteiger partial charge is 0.450 e. The zero-order chi connectivity index (χ0) is 18.9. The van der Waals surface area contributed by atoms with Crippen LogP contribution in [0.25, 0.3) is 0 Å². The van der Waals surface area contributed by atoms with Gasteiger partial charge in [-0.15, -0.1) is 0 Å². The Morgan fingerprint density at radius 1 is 1.31 bits per heavy atom. The number of piperidine rings is 1. The second kappa shape index (κ2) is 9.74. The van der Waals surface area contributed by atoms with Crippen molar-refractivity contribution < 1.29 is 19.1 Å². The smallest absolute Gasteiger partial charge is 0.409 e. The Hall–Kier alpha value is -2.64. The molecule has 1 aliphatic heterocycles. The lowest BCUT2D eigenvalue weighted by Crippen LogP contribution is -2.49. The molecule has 26 heavy (non-hydrogen) atoms. The number of aromatic nitrogens is 1. The van der Waals surface area contributed by atoms with Crippen molar-refractivity contribution in [2.24, 2.45) is 0 Å². The first-order valence-corrected chi connectivity index (χ1v) is 8.86. The molecule has 1 aliphatic rings. The topological polar surface area (TPSA) is 91.8 Å². The number of carbonyl (C=O) groups is 3. The van der Waals surface area contributed by atoms with Crippen molar-refractivity contribution in [1.29, 1.82) is 0 Å². The first kappa shape index (κ1) is 19.7. The van der Waals surface area contributed by atoms with E-state index in [9.17, 15) is 14.4 Å². The highest BCUT2D eigenvalue weighted by molar-refractivity contribution is 5.83. The quantitative estimate of drug-likeness (QED) is 0.820. The predicted molar refractivity (Wildman–Crippen MR) is 95.1 cm³/mol. The van der Waals surface area contributed by atoms with Crippen LogP contribution < -0.4 is 5.32 Å². The van der Waals surface area contributed by atoms with Gasteiger partial charge in [0.05, 0.1) is 25.4 Å². The van der Waals surface area contributed by atoms with Crippen LogP contribution in [0.1, 0.15) is 32.4 Å². The monoisotopic (exact) mass is 362 g/mol. The van der Waals surface area contributed by atoms with Gasteiger partial charge in [0.2, 0.25) is 11.8 Å². The lowest BCUT2D eigenvalue weighted by molar-refractivity contribution is -0.135. The highest BCUT2D eigenvalue weighted by atomic mass is 16.6. The van der Waals surface area contributed by atoms with Gasteiger partial charge in [-0.2, -0.15) is 0 Å². The minimum absolute atomic E-state index is 0.00293. The standard InChI is InChI=1S/C18H26N4O4/c1-3-26-18(25)21-10-7-15(8-11-21)20-17(24)13-22(14(2)23)12-16-6-4-5-9-19-16/h4-6,9,15H,3,7-8,10-13H2,1-2H3,(H,20,24). The fourth-order valence-corrected chi connectivity index (χ4v) is 2.83. The first-order chi connectivity index (χ1) is 12.5. The number of carbonyl (C=O) groups excluding carboxylic acids is 3. The van der Waals surface area contributed by atoms with E-state index in [4.69, 9.17) is 4.74 Å². The molecule has 0 saturated carbocycles. The van der Waals surface area contributed by atoms with Gasteiger partial charge < -0.3 is 19.9 Å². The predicted octanol–water partition coefficient (Wildman–Crippen LogP) is 1.17. The fourth-order valence-electron chi connectivity index (χ4n) is 2.83. The molecule has 8 heteroatoms. The summed E-state index contributed by atoms with van der Waals surface area (Å²) in [5.41, 5.74) is 0.734. The summed E-state index contributed by atoms with van der Waals surface area (Å²) in [6.07, 6.45) is 2.69. The molecule has 0 atom stereocenters. The van der Waals surface area contributed by atoms with Gasteiger partial charge in [0.15, 0.2) is 0 Å². The van der Waals surface area contributed by atoms with Crippen LogP contribution in [0.3, 0.4) is 0 Å². The van der Waals surface area contributed by atoms with Crippen molar-refractivity contribution in [3.05, 3.63) is 30.1 Å². The van der Waals surface area contributed by atoms with Crippen molar-refractivity contribution >= 4 is 17.9 Å². The highest BCUT2D eigenvalue weighted by Crippen LogP contribution is 2.11. The average molecular weight is 362 g/mol. The Bertz CT molecular complexity index is 615. The summed E-state index contributed by atoms with van der Waals surface area (Å²) in [6.45, 7) is 4.95. The molecule has 1 fully saturated rings. The van der Waals surface area contributed by atoms with Crippen molar-refractivity contribution in [1.82, 2.24) is 20.1 Å². The summed E-state index contributed by atoms with van der Waals surface area (Å²) in [5.74, 6) is -0.381. The molecule has 1 N–H and O–H groups in total. The van der Waals surface area contributed by atoms with E-state index >= 15 is 0 Å². The summed E-state index contributed by atoms with van der Waals surface area (Å²) < 4.78 is 4.98. The van der Waals surface area contributed by atoms with Gasteiger partial charge in [0.25, 0.3) is 0 Å². The maximum absolute atomic E-state index is 12.3. The Balaban J connectivity index is 1.80. The Labute approximate surface area is 153 Å². The summed E-state index contributed by atoms with van der Waals surface area (Å²) in [7, 11) is 0. The molecule has 1 saturated heterocycles. The summed E-state index contributed by atoms with van der Waals surface area (Å²) in [4.78, 5) is 43.1. The van der Waals surface area contributed by atoms with E-state index in [1.165, 1.54) is 11.8 Å². The van der Waals surface area contributed by atoms with E-state index < -0.39 is 0 Å². The van der Waals surface area contributed by atoms with Crippen LogP contribution in [0.5, 0.6) is 0 Å². The number of nitrogens with zero attached hydrogens (tertiary/aromatic N) is 3. The molecule has 0 bridgehead atoms. The Kier molecular flexibility index (Phi) is 7.37. The molecule has 3 amide bonds. The Morgan fingerprint density at radius 3 is 2.62 bits per heavy atom. The van der Waals surface area contributed by atoms with Crippen molar-refractivity contribution in [2.45, 2.75) is 39.3 Å². The Morgan fingerprint density at radius 2 is 2.04 bits per heavy atom. The number of hydrogen-bond acceptors (Lipinski definition) is 5. The van der Waals surface area contributed by atoms with E-state index in [0.29, 0.717) is 39.1 Å². The molecule has 1 aromatic rings. The zero-order valence-electron chi connectivity index (χ0n) is 15.3. The van der Waals surface area contributed by atoms with Crippen molar-refractivity contribution in [3.8, 4) is 0 Å². The van der Waals surface area contributed by atoms with Crippen molar-refractivity contribution in [3.63, 3.8) is 0 Å². The number of rotatable bonds is 6. The molecule has 8 nitrogen and oxygen atoms in total. The molecule has 0 unspecified atom stereocenters. The number of nitrogens with one attached hydrogen (secondary N) is 1. The third-order valence-corrected chi connectivity index (χ3v) is 4.24. The van der Waals surface area contributed by atoms with Crippen LogP contribution >= 0.6 is 0 Å². The molecular weight excluding hydrogens is 336 g/mol. The maximum Gasteiger partial charge on any atom is 0.409 e. The molecule has 2 rings (SSSR count). The number of amides is 3. The van der Waals surface area contributed by atoms with Crippen LogP contribution in [0.2, 0.25) is 0 Å². The molecule has 0 radical (unpaired) electrons. The highest BCUT2D eigenvalue weighted by Gasteiger charge is 2.25. The van der Waals surface area contributed by atoms with Crippen molar-refractivity contribution in [2.75, 3.05) is 26.2 Å². The van der Waals surface area contributed by atoms with E-state index in [0.717, 1.165) is 5.69 Å². The summed E-state index contributed by atoms with van der Waals surface area (Å²) >= 11 is 0. The molecule has 1 aromatic heterocycles. The van der Waals surface area contributed by atoms with Gasteiger partial charge >= 0.3 is 6.09 Å². The average Bonchev–Trinajstić information content (AvgIpc) is 2.62. The lowest BCUT2D eigenvalue weighted by atomic mass is 10.1. The van der Waals surface area contributed by atoms with E-state index in [1.54, 1.807) is 24.1 Å². The first-order valence-electron chi connectivity index (χ1n) is 8.86.